The second-order valence-corrected chi connectivity index (χ2v) is 9.04. The van der Waals surface area contributed by atoms with Gasteiger partial charge in [0.15, 0.2) is 11.5 Å². The number of nitrogens with one attached hydrogen (secondary N) is 2. The molecule has 0 saturated carbocycles. The molecular weight excluding hydrogens is 454 g/mol. The molecule has 0 unspecified atom stereocenters. The summed E-state index contributed by atoms with van der Waals surface area (Å²) in [6.45, 7) is 3.93. The number of anilines is 3. The van der Waals surface area contributed by atoms with Crippen LogP contribution in [-0.4, -0.2) is 57.2 Å². The van der Waals surface area contributed by atoms with E-state index < -0.39 is 0 Å². The van der Waals surface area contributed by atoms with Crippen LogP contribution in [0.4, 0.5) is 16.4 Å². The summed E-state index contributed by atoms with van der Waals surface area (Å²) in [6.07, 6.45) is 3.40. The maximum Gasteiger partial charge on any atom is 0.265 e. The molecule has 2 aliphatic heterocycles. The molecule has 0 aliphatic carbocycles. The first kappa shape index (κ1) is 22.2. The van der Waals surface area contributed by atoms with Gasteiger partial charge in [-0.3, -0.25) is 19.5 Å². The second-order valence-electron chi connectivity index (χ2n) is 7.98. The maximum atomic E-state index is 13.1. The molecule has 1 fully saturated rings. The van der Waals surface area contributed by atoms with Crippen LogP contribution in [-0.2, 0) is 6.54 Å². The molecule has 2 aliphatic rings. The average Bonchev–Trinajstić information content (AvgIpc) is 3.49. The first-order valence-corrected chi connectivity index (χ1v) is 11.8. The Hall–Kier alpha value is -3.63. The zero-order valence-corrected chi connectivity index (χ0v) is 19.8. The lowest BCUT2D eigenvalue weighted by atomic mass is 10.1. The number of ether oxygens (including phenoxy) is 2. The van der Waals surface area contributed by atoms with E-state index in [-0.39, 0.29) is 11.8 Å². The molecule has 0 spiro atoms. The third kappa shape index (κ3) is 4.06. The van der Waals surface area contributed by atoms with Gasteiger partial charge in [-0.05, 0) is 35.9 Å². The Labute approximate surface area is 201 Å². The van der Waals surface area contributed by atoms with Crippen molar-refractivity contribution in [3.05, 3.63) is 58.7 Å². The van der Waals surface area contributed by atoms with Crippen LogP contribution in [0.5, 0.6) is 11.5 Å². The predicted molar refractivity (Wildman–Crippen MR) is 132 cm³/mol. The fourth-order valence-electron chi connectivity index (χ4n) is 4.26. The van der Waals surface area contributed by atoms with Gasteiger partial charge in [-0.2, -0.15) is 0 Å². The highest BCUT2D eigenvalue weighted by Crippen LogP contribution is 2.39. The van der Waals surface area contributed by atoms with Crippen LogP contribution in [0.3, 0.4) is 0 Å². The number of carbonyl (C=O) groups excluding carboxylic acids is 2. The first-order valence-electron chi connectivity index (χ1n) is 11.0. The standard InChI is InChI=1S/C24H25N5O4S/c1-32-19-11-15-14-29(24(31)16(15)12-20(19)33-2)22-4-3-21(34-22)23(30)27-17-13-26-6-5-18(17)28-9-7-25-8-10-28/h3-6,11-13,25H,7-10,14H2,1-2H3,(H,27,30). The minimum absolute atomic E-state index is 0.127. The smallest absolute Gasteiger partial charge is 0.265 e. The summed E-state index contributed by atoms with van der Waals surface area (Å²) in [5.74, 6) is 0.740. The summed E-state index contributed by atoms with van der Waals surface area (Å²) in [5.41, 5.74) is 3.06. The highest BCUT2D eigenvalue weighted by atomic mass is 32.1. The average molecular weight is 480 g/mol. The number of methoxy groups -OCH3 is 2. The van der Waals surface area contributed by atoms with Crippen molar-refractivity contribution in [3.8, 4) is 11.5 Å². The number of pyridine rings is 1. The fraction of sp³-hybridized carbons (Fsp3) is 0.292. The minimum Gasteiger partial charge on any atom is -0.493 e. The molecule has 1 aromatic carbocycles. The zero-order valence-electron chi connectivity index (χ0n) is 19.0. The number of carbonyl (C=O) groups is 2. The lowest BCUT2D eigenvalue weighted by Gasteiger charge is -2.30. The van der Waals surface area contributed by atoms with Gasteiger partial charge in [0.05, 0.1) is 48.2 Å². The Bertz CT molecular complexity index is 1240. The van der Waals surface area contributed by atoms with Crippen molar-refractivity contribution < 1.29 is 19.1 Å². The van der Waals surface area contributed by atoms with Gasteiger partial charge in [0.25, 0.3) is 11.8 Å². The van der Waals surface area contributed by atoms with Crippen molar-refractivity contribution in [1.29, 1.82) is 0 Å². The van der Waals surface area contributed by atoms with E-state index in [1.807, 2.05) is 12.1 Å². The molecule has 4 heterocycles. The van der Waals surface area contributed by atoms with E-state index >= 15 is 0 Å². The summed E-state index contributed by atoms with van der Waals surface area (Å²) in [4.78, 5) is 34.7. The Morgan fingerprint density at radius 3 is 2.65 bits per heavy atom. The van der Waals surface area contributed by atoms with E-state index in [1.165, 1.54) is 11.3 Å². The van der Waals surface area contributed by atoms with Crippen LogP contribution in [0.2, 0.25) is 0 Å². The fourth-order valence-corrected chi connectivity index (χ4v) is 5.16. The molecule has 176 valence electrons. The topological polar surface area (TPSA) is 96.0 Å². The summed E-state index contributed by atoms with van der Waals surface area (Å²) in [7, 11) is 3.11. The van der Waals surface area contributed by atoms with Crippen LogP contribution < -0.4 is 29.9 Å². The number of hydrogen-bond donors (Lipinski definition) is 2. The molecule has 0 atom stereocenters. The Kier molecular flexibility index (Phi) is 6.08. The molecule has 3 aromatic rings. The van der Waals surface area contributed by atoms with Crippen molar-refractivity contribution in [2.75, 3.05) is 55.5 Å². The van der Waals surface area contributed by atoms with Gasteiger partial charge < -0.3 is 25.0 Å². The quantitative estimate of drug-likeness (QED) is 0.561. The molecule has 2 amide bonds. The van der Waals surface area contributed by atoms with Crippen LogP contribution in [0.25, 0.3) is 0 Å². The maximum absolute atomic E-state index is 13.1. The number of amides is 2. The lowest BCUT2D eigenvalue weighted by Crippen LogP contribution is -2.43. The molecule has 5 rings (SSSR count). The predicted octanol–water partition coefficient (Wildman–Crippen LogP) is 2.98. The lowest BCUT2D eigenvalue weighted by molar-refractivity contribution is 0.0994. The Morgan fingerprint density at radius 2 is 1.88 bits per heavy atom. The van der Waals surface area contributed by atoms with E-state index in [4.69, 9.17) is 9.47 Å². The highest BCUT2D eigenvalue weighted by Gasteiger charge is 2.31. The minimum atomic E-state index is -0.229. The number of benzene rings is 1. The molecule has 2 aromatic heterocycles. The van der Waals surface area contributed by atoms with Gasteiger partial charge in [0, 0.05) is 37.9 Å². The van der Waals surface area contributed by atoms with Crippen molar-refractivity contribution in [2.45, 2.75) is 6.54 Å². The second kappa shape index (κ2) is 9.32. The van der Waals surface area contributed by atoms with Gasteiger partial charge in [-0.1, -0.05) is 0 Å². The molecule has 1 saturated heterocycles. The first-order chi connectivity index (χ1) is 16.6. The number of thiophene rings is 1. The molecule has 0 bridgehead atoms. The molecule has 9 nitrogen and oxygen atoms in total. The van der Waals surface area contributed by atoms with Crippen LogP contribution in [0.15, 0.2) is 42.7 Å². The summed E-state index contributed by atoms with van der Waals surface area (Å²) < 4.78 is 10.7. The number of piperazine rings is 1. The van der Waals surface area contributed by atoms with Gasteiger partial charge in [-0.15, -0.1) is 11.3 Å². The van der Waals surface area contributed by atoms with E-state index in [0.29, 0.717) is 39.2 Å². The number of fused-ring (bicyclic) bond motifs is 1. The molecule has 2 N–H and O–H groups in total. The van der Waals surface area contributed by atoms with Crippen molar-refractivity contribution in [1.82, 2.24) is 10.3 Å². The van der Waals surface area contributed by atoms with E-state index in [1.54, 1.807) is 49.7 Å². The Balaban J connectivity index is 1.34. The monoisotopic (exact) mass is 479 g/mol. The highest BCUT2D eigenvalue weighted by molar-refractivity contribution is 7.18. The SMILES string of the molecule is COc1cc2c(cc1OC)C(=O)N(c1ccc(C(=O)Nc3cnccc3N3CCNCC3)s1)C2. The molecular formula is C24H25N5O4S. The summed E-state index contributed by atoms with van der Waals surface area (Å²) in [6, 6.07) is 9.00. The molecule has 34 heavy (non-hydrogen) atoms. The number of rotatable bonds is 6. The number of aromatic nitrogens is 1. The third-order valence-corrected chi connectivity index (χ3v) is 7.11. The van der Waals surface area contributed by atoms with Crippen LogP contribution in [0, 0.1) is 0 Å². The van der Waals surface area contributed by atoms with Crippen molar-refractivity contribution in [2.24, 2.45) is 0 Å². The largest absolute Gasteiger partial charge is 0.493 e. The van der Waals surface area contributed by atoms with E-state index in [2.05, 4.69) is 20.5 Å². The zero-order chi connectivity index (χ0) is 23.7. The number of nitrogens with zero attached hydrogens (tertiary/aromatic N) is 3. The van der Waals surface area contributed by atoms with Crippen molar-refractivity contribution in [3.63, 3.8) is 0 Å². The van der Waals surface area contributed by atoms with Gasteiger partial charge in [-0.25, -0.2) is 0 Å². The summed E-state index contributed by atoms with van der Waals surface area (Å²) >= 11 is 1.28. The van der Waals surface area contributed by atoms with Gasteiger partial charge >= 0.3 is 0 Å². The van der Waals surface area contributed by atoms with Crippen LogP contribution in [0.1, 0.15) is 25.6 Å². The van der Waals surface area contributed by atoms with E-state index in [0.717, 1.165) is 37.4 Å². The Morgan fingerprint density at radius 1 is 1.12 bits per heavy atom. The van der Waals surface area contributed by atoms with Gasteiger partial charge in [0.2, 0.25) is 0 Å². The van der Waals surface area contributed by atoms with Crippen molar-refractivity contribution >= 4 is 39.5 Å². The molecule has 0 radical (unpaired) electrons. The normalized spacial score (nSPS) is 15.3. The van der Waals surface area contributed by atoms with Gasteiger partial charge in [0.1, 0.15) is 0 Å². The van der Waals surface area contributed by atoms with E-state index in [9.17, 15) is 9.59 Å². The number of hydrogen-bond acceptors (Lipinski definition) is 8. The van der Waals surface area contributed by atoms with Crippen LogP contribution >= 0.6 is 11.3 Å². The third-order valence-electron chi connectivity index (χ3n) is 6.00. The molecule has 10 heteroatoms. The summed E-state index contributed by atoms with van der Waals surface area (Å²) in [5, 5.41) is 7.04.